The van der Waals surface area contributed by atoms with Crippen LogP contribution >= 0.6 is 0 Å². The van der Waals surface area contributed by atoms with Gasteiger partial charge in [-0.25, -0.2) is 14.4 Å². The maximum Gasteiger partial charge on any atom is 0.275 e. The lowest BCUT2D eigenvalue weighted by Gasteiger charge is -2.46. The zero-order valence-electron chi connectivity index (χ0n) is 39.2. The third-order valence-corrected chi connectivity index (χ3v) is 14.5. The maximum atomic E-state index is 14.0. The van der Waals surface area contributed by atoms with E-state index in [1.54, 1.807) is 29.5 Å². The quantitative estimate of drug-likeness (QED) is 0.162. The lowest BCUT2D eigenvalue weighted by Crippen LogP contribution is -2.57. The van der Waals surface area contributed by atoms with Crippen LogP contribution in [0.15, 0.2) is 106 Å². The summed E-state index contributed by atoms with van der Waals surface area (Å²) in [6, 6.07) is 25.3. The largest absolute Gasteiger partial charge is 0.369 e. The fraction of sp³-hybridized carbons (Fsp3) is 0.404. The molecule has 5 aliphatic rings. The minimum Gasteiger partial charge on any atom is -0.369 e. The smallest absolute Gasteiger partial charge is 0.275 e. The minimum absolute atomic E-state index is 0.156. The summed E-state index contributed by atoms with van der Waals surface area (Å²) in [5, 5.41) is 27.7. The fourth-order valence-corrected chi connectivity index (χ4v) is 10.5. The summed E-state index contributed by atoms with van der Waals surface area (Å²) in [4.78, 5) is 83.1. The molecule has 2 N–H and O–H groups in total. The van der Waals surface area contributed by atoms with Crippen LogP contribution in [0, 0.1) is 29.6 Å². The predicted octanol–water partition coefficient (Wildman–Crippen LogP) is 3.70. The highest BCUT2D eigenvalue weighted by Crippen LogP contribution is 2.37. The average molecular weight is 945 g/mol. The van der Waals surface area contributed by atoms with Gasteiger partial charge in [-0.1, -0.05) is 42.5 Å². The topological polar surface area (TPSA) is 203 Å². The molecule has 3 aromatic carbocycles. The van der Waals surface area contributed by atoms with Crippen LogP contribution in [0.3, 0.4) is 0 Å². The Hall–Kier alpha value is -7.33. The fourth-order valence-electron chi connectivity index (χ4n) is 10.5. The van der Waals surface area contributed by atoms with Crippen molar-refractivity contribution in [3.05, 3.63) is 134 Å². The number of piperidine rings is 2. The van der Waals surface area contributed by atoms with Gasteiger partial charge in [0.25, 0.3) is 17.0 Å². The Morgan fingerprint density at radius 3 is 2.50 bits per heavy atom. The summed E-state index contributed by atoms with van der Waals surface area (Å²) in [7, 11) is 0. The number of rotatable bonds is 13. The summed E-state index contributed by atoms with van der Waals surface area (Å²) in [6.07, 6.45) is 7.31. The van der Waals surface area contributed by atoms with E-state index < -0.39 is 18.1 Å². The van der Waals surface area contributed by atoms with E-state index in [1.165, 1.54) is 15.4 Å². The molecule has 18 heteroatoms. The summed E-state index contributed by atoms with van der Waals surface area (Å²) in [5.41, 5.74) is 4.06. The van der Waals surface area contributed by atoms with Gasteiger partial charge in [0.2, 0.25) is 11.8 Å². The number of hydrogen-bond acceptors (Lipinski definition) is 14. The number of aliphatic imine (C=N–C) groups is 1. The second kappa shape index (κ2) is 19.9. The minimum atomic E-state index is -0.809. The molecule has 5 aliphatic heterocycles. The molecule has 0 bridgehead atoms. The summed E-state index contributed by atoms with van der Waals surface area (Å²) < 4.78 is 2.64. The molecule has 7 heterocycles. The van der Waals surface area contributed by atoms with Gasteiger partial charge in [0, 0.05) is 111 Å². The lowest BCUT2D eigenvalue weighted by molar-refractivity contribution is -0.184. The highest BCUT2D eigenvalue weighted by molar-refractivity contribution is 5.99. The SMILES string of the molecule is Cc1nn(C2CCC(=O)NC2=O)c(=O)c2ccc(N3CCN(CC4CN(C(=O)CC5(CON6C=CC=NC6c6ccccc6Cn6nc(-c7ccccc7C#N)ccc6=O)CCNCC5)C4)CC3)cc12. The summed E-state index contributed by atoms with van der Waals surface area (Å²) >= 11 is 0. The molecule has 2 atom stereocenters. The number of nitriles is 1. The van der Waals surface area contributed by atoms with Gasteiger partial charge >= 0.3 is 0 Å². The molecule has 70 heavy (non-hydrogen) atoms. The van der Waals surface area contributed by atoms with E-state index >= 15 is 0 Å². The third-order valence-electron chi connectivity index (χ3n) is 14.5. The number of carbonyl (C=O) groups is 3. The van der Waals surface area contributed by atoms with Crippen LogP contribution in [0.25, 0.3) is 22.0 Å². The van der Waals surface area contributed by atoms with Crippen LogP contribution < -0.4 is 26.7 Å². The number of piperazine rings is 1. The van der Waals surface area contributed by atoms with Crippen LogP contribution in [0.4, 0.5) is 5.69 Å². The van der Waals surface area contributed by atoms with Gasteiger partial charge in [0.1, 0.15) is 6.04 Å². The van der Waals surface area contributed by atoms with Crippen LogP contribution in [0.2, 0.25) is 0 Å². The van der Waals surface area contributed by atoms with Gasteiger partial charge in [-0.3, -0.25) is 44.0 Å². The number of nitrogens with zero attached hydrogens (tertiary/aromatic N) is 10. The van der Waals surface area contributed by atoms with Crippen LogP contribution in [-0.4, -0.2) is 124 Å². The van der Waals surface area contributed by atoms with Crippen molar-refractivity contribution in [1.82, 2.24) is 45.1 Å². The van der Waals surface area contributed by atoms with Crippen molar-refractivity contribution < 1.29 is 19.2 Å². The molecule has 2 aromatic heterocycles. The van der Waals surface area contributed by atoms with E-state index in [1.807, 2.05) is 78.7 Å². The first-order valence-corrected chi connectivity index (χ1v) is 24.1. The third kappa shape index (κ3) is 9.64. The number of hydrogen-bond donors (Lipinski definition) is 2. The molecular weight excluding hydrogens is 889 g/mol. The van der Waals surface area contributed by atoms with E-state index in [-0.39, 0.29) is 47.7 Å². The zero-order chi connectivity index (χ0) is 48.4. The molecule has 10 rings (SSSR count). The number of allylic oxidation sites excluding steroid dienone is 1. The average Bonchev–Trinajstić information content (AvgIpc) is 3.37. The first kappa shape index (κ1) is 46.4. The molecule has 2 unspecified atom stereocenters. The molecule has 360 valence electrons. The maximum absolute atomic E-state index is 14.0. The van der Waals surface area contributed by atoms with Crippen molar-refractivity contribution in [3.8, 4) is 17.3 Å². The second-order valence-corrected chi connectivity index (χ2v) is 19.1. The Labute approximate surface area is 404 Å². The Kier molecular flexibility index (Phi) is 13.2. The van der Waals surface area contributed by atoms with Crippen molar-refractivity contribution in [2.75, 3.05) is 70.4 Å². The molecule has 0 spiro atoms. The summed E-state index contributed by atoms with van der Waals surface area (Å²) in [5.74, 6) is -0.282. The van der Waals surface area contributed by atoms with Gasteiger partial charge in [-0.05, 0) is 81.2 Å². The van der Waals surface area contributed by atoms with Gasteiger partial charge in [0.15, 0.2) is 6.17 Å². The van der Waals surface area contributed by atoms with Crippen molar-refractivity contribution >= 4 is 40.4 Å². The molecule has 5 aromatic rings. The Morgan fingerprint density at radius 2 is 1.70 bits per heavy atom. The van der Waals surface area contributed by atoms with E-state index in [2.05, 4.69) is 36.7 Å². The molecule has 0 aliphatic carbocycles. The highest BCUT2D eigenvalue weighted by atomic mass is 16.7. The monoisotopic (exact) mass is 944 g/mol. The number of carbonyl (C=O) groups excluding carboxylic acids is 3. The number of aromatic nitrogens is 4. The van der Waals surface area contributed by atoms with Gasteiger partial charge in [-0.15, -0.1) is 0 Å². The van der Waals surface area contributed by atoms with Crippen molar-refractivity contribution in [2.24, 2.45) is 16.3 Å². The van der Waals surface area contributed by atoms with Gasteiger partial charge < -0.3 is 15.1 Å². The normalized spacial score (nSPS) is 20.6. The Morgan fingerprint density at radius 1 is 0.914 bits per heavy atom. The molecule has 4 fully saturated rings. The number of hydroxylamine groups is 2. The Balaban J connectivity index is 0.732. The molecule has 4 saturated heterocycles. The number of aryl methyl sites for hydroxylation is 1. The van der Waals surface area contributed by atoms with Crippen molar-refractivity contribution in [3.63, 3.8) is 0 Å². The van der Waals surface area contributed by atoms with Crippen LogP contribution in [0.5, 0.6) is 0 Å². The number of benzene rings is 3. The van der Waals surface area contributed by atoms with E-state index in [0.29, 0.717) is 46.8 Å². The first-order chi connectivity index (χ1) is 34.0. The van der Waals surface area contributed by atoms with Gasteiger partial charge in [0.05, 0.1) is 41.6 Å². The number of fused-ring (bicyclic) bond motifs is 1. The number of anilines is 1. The second-order valence-electron chi connectivity index (χ2n) is 19.1. The first-order valence-electron chi connectivity index (χ1n) is 24.1. The number of nitrogens with one attached hydrogen (secondary N) is 2. The standard InChI is InChI=1S/C52H56N12O6/c1-35-43-27-39(11-12-42(43)51(69)64(57-35)45-14-15-46(65)56-50(45)68)60-25-23-59(24-26-60)30-36-31-61(32-36)48(67)28-52(17-20-54-21-18-52)34-70-63-22-6-19-55-49(63)41-10-5-3-8-38(41)33-62-47(66)16-13-44(58-62)40-9-4-2-7-37(40)29-53/h2-13,16,19,22,27,36,45,49,54H,14-15,17-18,20-21,23-26,28,30-34H2,1H3,(H,56,65,68). The van der Waals surface area contributed by atoms with Crippen LogP contribution in [-0.2, 0) is 25.8 Å². The lowest BCUT2D eigenvalue weighted by atomic mass is 9.76. The van der Waals surface area contributed by atoms with Crippen LogP contribution in [0.1, 0.15) is 66.7 Å². The highest BCUT2D eigenvalue weighted by Gasteiger charge is 2.41. The summed E-state index contributed by atoms with van der Waals surface area (Å²) in [6.45, 7) is 9.76. The molecule has 3 amide bonds. The van der Waals surface area contributed by atoms with Gasteiger partial charge in [-0.2, -0.15) is 15.5 Å². The number of imide groups is 1. The van der Waals surface area contributed by atoms with E-state index in [0.717, 1.165) is 93.9 Å². The molecular formula is C52H56N12O6. The van der Waals surface area contributed by atoms with E-state index in [9.17, 15) is 29.2 Å². The molecule has 0 saturated carbocycles. The van der Waals surface area contributed by atoms with Crippen molar-refractivity contribution in [1.29, 1.82) is 5.26 Å². The zero-order valence-corrected chi connectivity index (χ0v) is 39.2. The number of likely N-dealkylation sites (tertiary alicyclic amines) is 1. The predicted molar refractivity (Wildman–Crippen MR) is 262 cm³/mol. The molecule has 0 radical (unpaired) electrons. The van der Waals surface area contributed by atoms with E-state index in [4.69, 9.17) is 9.83 Å². The van der Waals surface area contributed by atoms with Crippen molar-refractivity contribution in [2.45, 2.75) is 57.8 Å². The Bertz CT molecular complexity index is 3050. The molecule has 18 nitrogen and oxygen atoms in total. The number of amides is 3.